The van der Waals surface area contributed by atoms with Crippen LogP contribution in [0.2, 0.25) is 0 Å². The van der Waals surface area contributed by atoms with Crippen molar-refractivity contribution in [2.24, 2.45) is 10.2 Å². The second-order valence-corrected chi connectivity index (χ2v) is 6.42. The number of rotatable bonds is 11. The number of para-hydroxylation sites is 2. The van der Waals surface area contributed by atoms with Crippen molar-refractivity contribution in [3.63, 3.8) is 0 Å². The Morgan fingerprint density at radius 3 is 1.83 bits per heavy atom. The second kappa shape index (κ2) is 12.0. The molecule has 0 heterocycles. The third-order valence-corrected chi connectivity index (χ3v) is 4.16. The van der Waals surface area contributed by atoms with Crippen molar-refractivity contribution in [2.75, 3.05) is 17.5 Å². The molecule has 0 fully saturated rings. The summed E-state index contributed by atoms with van der Waals surface area (Å²) in [4.78, 5) is 0. The van der Waals surface area contributed by atoms with Crippen LogP contribution in [0.1, 0.15) is 0 Å². The number of anilines is 2. The zero-order chi connectivity index (χ0) is 21.9. The van der Waals surface area contributed by atoms with Gasteiger partial charge in [-0.15, -0.1) is 0 Å². The molecule has 0 unspecified atom stereocenters. The molecule has 8 N–H and O–H groups in total. The highest BCUT2D eigenvalue weighted by Gasteiger charge is 2.35. The minimum Gasteiger partial charge on any atom is -0.394 e. The summed E-state index contributed by atoms with van der Waals surface area (Å²) in [7, 11) is 0. The molecule has 2 rings (SSSR count). The van der Waals surface area contributed by atoms with Gasteiger partial charge in [-0.2, -0.15) is 10.2 Å². The van der Waals surface area contributed by atoms with Crippen LogP contribution >= 0.6 is 0 Å². The fourth-order valence-corrected chi connectivity index (χ4v) is 2.40. The predicted octanol–water partition coefficient (Wildman–Crippen LogP) is -0.651. The summed E-state index contributed by atoms with van der Waals surface area (Å²) in [5.74, 6) is 0. The molecule has 0 amide bonds. The average Bonchev–Trinajstić information content (AvgIpc) is 2.80. The van der Waals surface area contributed by atoms with Crippen LogP contribution < -0.4 is 10.9 Å². The van der Waals surface area contributed by atoms with E-state index < -0.39 is 37.1 Å². The summed E-state index contributed by atoms with van der Waals surface area (Å²) >= 11 is 0. The molecule has 162 valence electrons. The van der Waals surface area contributed by atoms with E-state index in [4.69, 9.17) is 5.11 Å². The third-order valence-electron chi connectivity index (χ3n) is 4.16. The molecule has 5 atom stereocenters. The van der Waals surface area contributed by atoms with Crippen LogP contribution in [0.4, 0.5) is 11.4 Å². The van der Waals surface area contributed by atoms with E-state index in [1.807, 2.05) is 12.1 Å². The highest BCUT2D eigenvalue weighted by atomic mass is 16.4. The van der Waals surface area contributed by atoms with E-state index in [2.05, 4.69) is 21.1 Å². The Hall–Kier alpha value is -2.86. The molecule has 0 aromatic heterocycles. The molecule has 0 bridgehead atoms. The molecule has 0 spiro atoms. The lowest BCUT2D eigenvalue weighted by atomic mass is 9.97. The van der Waals surface area contributed by atoms with Gasteiger partial charge in [0.2, 0.25) is 0 Å². The molecular weight excluding hydrogens is 392 g/mol. The molecule has 0 saturated heterocycles. The largest absolute Gasteiger partial charge is 0.394 e. The lowest BCUT2D eigenvalue weighted by molar-refractivity contribution is -0.130. The van der Waals surface area contributed by atoms with E-state index in [-0.39, 0.29) is 5.71 Å². The minimum atomic E-state index is -1.96. The summed E-state index contributed by atoms with van der Waals surface area (Å²) < 4.78 is 0. The fourth-order valence-electron chi connectivity index (χ4n) is 2.40. The standard InChI is InChI=1S/C20H26N4O6/c25-12-16(26)18(28)20(30)19(29)17(27)15(24-23-14-9-5-2-6-10-14)11-21-22-13-7-3-1-4-8-13/h1-11,16-20,22-23,25-30H,12H2/b21-11-,24-15+/t16-,17-,18-,19+,20-/m0/s1. The Morgan fingerprint density at radius 1 is 0.767 bits per heavy atom. The first-order chi connectivity index (χ1) is 14.4. The smallest absolute Gasteiger partial charge is 0.128 e. The summed E-state index contributed by atoms with van der Waals surface area (Å²) in [6.45, 7) is -0.833. The molecule has 2 aromatic rings. The monoisotopic (exact) mass is 418 g/mol. The minimum absolute atomic E-state index is 0.167. The topological polar surface area (TPSA) is 170 Å². The highest BCUT2D eigenvalue weighted by Crippen LogP contribution is 2.11. The van der Waals surface area contributed by atoms with E-state index in [1.165, 1.54) is 0 Å². The average molecular weight is 418 g/mol. The maximum atomic E-state index is 10.5. The van der Waals surface area contributed by atoms with Gasteiger partial charge in [0.1, 0.15) is 36.2 Å². The van der Waals surface area contributed by atoms with Gasteiger partial charge in [-0.25, -0.2) is 0 Å². The molecule has 0 aliphatic carbocycles. The summed E-state index contributed by atoms with van der Waals surface area (Å²) in [5.41, 5.74) is 6.52. The van der Waals surface area contributed by atoms with Crippen LogP contribution in [0, 0.1) is 0 Å². The Labute approximate surface area is 173 Å². The van der Waals surface area contributed by atoms with E-state index in [0.29, 0.717) is 11.4 Å². The lowest BCUT2D eigenvalue weighted by Crippen LogP contribution is -2.52. The number of nitrogens with one attached hydrogen (secondary N) is 2. The van der Waals surface area contributed by atoms with Crippen LogP contribution in [0.15, 0.2) is 70.9 Å². The number of aliphatic hydroxyl groups is 6. The zero-order valence-electron chi connectivity index (χ0n) is 16.0. The SMILES string of the molecule is OC[C@H](O)[C@H](O)[C@H](O)[C@H](O)[C@@H](O)C(/C=N\Nc1ccccc1)=N/Nc1ccccc1. The maximum absolute atomic E-state index is 10.5. The van der Waals surface area contributed by atoms with Crippen molar-refractivity contribution in [1.29, 1.82) is 0 Å². The van der Waals surface area contributed by atoms with Gasteiger partial charge in [0.25, 0.3) is 0 Å². The molecular formula is C20H26N4O6. The van der Waals surface area contributed by atoms with Gasteiger partial charge < -0.3 is 30.6 Å². The van der Waals surface area contributed by atoms with Crippen molar-refractivity contribution in [2.45, 2.75) is 30.5 Å². The van der Waals surface area contributed by atoms with Gasteiger partial charge in [-0.3, -0.25) is 10.9 Å². The normalized spacial score (nSPS) is 17.2. The molecule has 30 heavy (non-hydrogen) atoms. The molecule has 2 aromatic carbocycles. The Bertz CT molecular complexity index is 805. The lowest BCUT2D eigenvalue weighted by Gasteiger charge is -2.28. The quantitative estimate of drug-likeness (QED) is 0.176. The van der Waals surface area contributed by atoms with Gasteiger partial charge in [0.15, 0.2) is 0 Å². The summed E-state index contributed by atoms with van der Waals surface area (Å²) in [6.07, 6.45) is -8.11. The van der Waals surface area contributed by atoms with Crippen LogP contribution in [0.25, 0.3) is 0 Å². The molecule has 10 nitrogen and oxygen atoms in total. The molecule has 0 saturated carbocycles. The predicted molar refractivity (Wildman–Crippen MR) is 113 cm³/mol. The Balaban J connectivity index is 2.18. The summed E-state index contributed by atoms with van der Waals surface area (Å²) in [6, 6.07) is 17.7. The Kier molecular flexibility index (Phi) is 9.35. The van der Waals surface area contributed by atoms with Gasteiger partial charge in [0, 0.05) is 0 Å². The van der Waals surface area contributed by atoms with Gasteiger partial charge in [0.05, 0.1) is 24.2 Å². The van der Waals surface area contributed by atoms with Crippen LogP contribution in [-0.4, -0.2) is 79.7 Å². The second-order valence-electron chi connectivity index (χ2n) is 6.42. The van der Waals surface area contributed by atoms with Gasteiger partial charge in [-0.1, -0.05) is 36.4 Å². The number of hydrogen-bond acceptors (Lipinski definition) is 10. The first kappa shape index (κ1) is 23.4. The number of hydrogen-bond donors (Lipinski definition) is 8. The van der Waals surface area contributed by atoms with Gasteiger partial charge >= 0.3 is 0 Å². The number of hydrazone groups is 2. The highest BCUT2D eigenvalue weighted by molar-refractivity contribution is 6.33. The van der Waals surface area contributed by atoms with Gasteiger partial charge in [-0.05, 0) is 24.3 Å². The Morgan fingerprint density at radius 2 is 1.30 bits per heavy atom. The van der Waals surface area contributed by atoms with Crippen molar-refractivity contribution in [3.8, 4) is 0 Å². The first-order valence-corrected chi connectivity index (χ1v) is 9.18. The first-order valence-electron chi connectivity index (χ1n) is 9.18. The zero-order valence-corrected chi connectivity index (χ0v) is 16.0. The van der Waals surface area contributed by atoms with Crippen molar-refractivity contribution >= 4 is 23.3 Å². The fraction of sp³-hybridized carbons (Fsp3) is 0.300. The van der Waals surface area contributed by atoms with Crippen molar-refractivity contribution in [1.82, 2.24) is 0 Å². The maximum Gasteiger partial charge on any atom is 0.128 e. The van der Waals surface area contributed by atoms with E-state index in [0.717, 1.165) is 6.21 Å². The van der Waals surface area contributed by atoms with Crippen molar-refractivity contribution in [3.05, 3.63) is 60.7 Å². The van der Waals surface area contributed by atoms with Crippen molar-refractivity contribution < 1.29 is 30.6 Å². The molecule has 0 radical (unpaired) electrons. The molecule has 10 heteroatoms. The summed E-state index contributed by atoms with van der Waals surface area (Å²) in [5, 5.41) is 66.9. The van der Waals surface area contributed by atoms with E-state index in [1.54, 1.807) is 48.5 Å². The number of aliphatic hydroxyl groups excluding tert-OH is 6. The van der Waals surface area contributed by atoms with Crippen LogP contribution in [-0.2, 0) is 0 Å². The third kappa shape index (κ3) is 6.88. The van der Waals surface area contributed by atoms with Crippen LogP contribution in [0.3, 0.4) is 0 Å². The molecule has 0 aliphatic heterocycles. The molecule has 0 aliphatic rings. The van der Waals surface area contributed by atoms with Crippen LogP contribution in [0.5, 0.6) is 0 Å². The van der Waals surface area contributed by atoms with E-state index in [9.17, 15) is 25.5 Å². The number of nitrogens with zero attached hydrogens (tertiary/aromatic N) is 2. The van der Waals surface area contributed by atoms with E-state index >= 15 is 0 Å². The number of benzene rings is 2.